The second kappa shape index (κ2) is 11.5. The van der Waals surface area contributed by atoms with Gasteiger partial charge in [-0.1, -0.05) is 53.6 Å². The first-order chi connectivity index (χ1) is 18.0. The highest BCUT2D eigenvalue weighted by Gasteiger charge is 2.47. The molecule has 10 heteroatoms. The zero-order chi connectivity index (χ0) is 26.4. The van der Waals surface area contributed by atoms with Crippen LogP contribution in [0.15, 0.2) is 77.9 Å². The van der Waals surface area contributed by atoms with Gasteiger partial charge in [0.1, 0.15) is 17.4 Å². The molecule has 0 aliphatic carbocycles. The standard InChI is InChI=1S/C27H26N4O6/c1-36-23-14-19(37-16-29-30-28)11-12-22(23)25-24(27(34)35)20-9-5-6-10-21(20)26(33)31(25)18(15-32)13-17-7-3-2-4-8-17/h2-12,14,18,24-25,32H,13,15-16H2,1H3,(H,34,35)/t18-,24+,25-/m0/s1. The molecule has 190 valence electrons. The molecule has 10 nitrogen and oxygen atoms in total. The average molecular weight is 503 g/mol. The lowest BCUT2D eigenvalue weighted by molar-refractivity contribution is -0.141. The quantitative estimate of drug-likeness (QED) is 0.240. The normalized spacial score (nSPS) is 17.4. The molecular formula is C27H26N4O6. The maximum Gasteiger partial charge on any atom is 0.313 e. The number of aliphatic carboxylic acids is 1. The lowest BCUT2D eigenvalue weighted by Gasteiger charge is -2.45. The van der Waals surface area contributed by atoms with Crippen molar-refractivity contribution in [1.29, 1.82) is 0 Å². The Kier molecular flexibility index (Phi) is 7.92. The van der Waals surface area contributed by atoms with E-state index in [1.165, 1.54) is 12.0 Å². The summed E-state index contributed by atoms with van der Waals surface area (Å²) in [6, 6.07) is 19.1. The second-order valence-electron chi connectivity index (χ2n) is 8.49. The van der Waals surface area contributed by atoms with Gasteiger partial charge >= 0.3 is 5.97 Å². The largest absolute Gasteiger partial charge is 0.496 e. The minimum absolute atomic E-state index is 0.234. The summed E-state index contributed by atoms with van der Waals surface area (Å²) in [6.07, 6.45) is 0.323. The third-order valence-electron chi connectivity index (χ3n) is 6.44. The second-order valence-corrected chi connectivity index (χ2v) is 8.49. The van der Waals surface area contributed by atoms with Crippen molar-refractivity contribution >= 4 is 11.9 Å². The lowest BCUT2D eigenvalue weighted by atomic mass is 9.78. The first-order valence-electron chi connectivity index (χ1n) is 11.6. The summed E-state index contributed by atoms with van der Waals surface area (Å²) in [5, 5.41) is 24.2. The molecule has 0 radical (unpaired) electrons. The number of rotatable bonds is 10. The highest BCUT2D eigenvalue weighted by molar-refractivity contribution is 6.00. The van der Waals surface area contributed by atoms with Crippen LogP contribution in [0, 0.1) is 0 Å². The Balaban J connectivity index is 1.87. The van der Waals surface area contributed by atoms with Crippen molar-refractivity contribution in [2.45, 2.75) is 24.4 Å². The van der Waals surface area contributed by atoms with Crippen molar-refractivity contribution in [1.82, 2.24) is 4.90 Å². The Morgan fingerprint density at radius 2 is 1.84 bits per heavy atom. The number of azide groups is 1. The van der Waals surface area contributed by atoms with Crippen LogP contribution in [0.25, 0.3) is 10.4 Å². The minimum Gasteiger partial charge on any atom is -0.496 e. The molecule has 0 spiro atoms. The Morgan fingerprint density at radius 3 is 2.51 bits per heavy atom. The Labute approximate surface area is 213 Å². The van der Waals surface area contributed by atoms with Crippen molar-refractivity contribution in [3.63, 3.8) is 0 Å². The number of carboxylic acid groups (broad SMARTS) is 1. The number of carbonyl (C=O) groups excluding carboxylic acids is 1. The fourth-order valence-corrected chi connectivity index (χ4v) is 4.84. The topological polar surface area (TPSA) is 145 Å². The smallest absolute Gasteiger partial charge is 0.313 e. The molecule has 4 rings (SSSR count). The molecule has 3 aromatic rings. The highest BCUT2D eigenvalue weighted by atomic mass is 16.5. The molecule has 0 aromatic heterocycles. The van der Waals surface area contributed by atoms with Crippen LogP contribution >= 0.6 is 0 Å². The predicted molar refractivity (Wildman–Crippen MR) is 134 cm³/mol. The monoisotopic (exact) mass is 502 g/mol. The molecule has 0 saturated heterocycles. The number of carboxylic acids is 1. The van der Waals surface area contributed by atoms with Crippen LogP contribution in [0.1, 0.15) is 39.0 Å². The number of aliphatic hydroxyl groups excluding tert-OH is 1. The summed E-state index contributed by atoms with van der Waals surface area (Å²) in [7, 11) is 1.43. The van der Waals surface area contributed by atoms with E-state index in [-0.39, 0.29) is 24.8 Å². The molecule has 0 unspecified atom stereocenters. The van der Waals surface area contributed by atoms with Crippen molar-refractivity contribution < 1.29 is 29.3 Å². The third kappa shape index (κ3) is 5.20. The van der Waals surface area contributed by atoms with E-state index in [0.29, 0.717) is 29.0 Å². The lowest BCUT2D eigenvalue weighted by Crippen LogP contribution is -2.52. The molecule has 1 aliphatic heterocycles. The van der Waals surface area contributed by atoms with Gasteiger partial charge in [-0.15, -0.1) is 0 Å². The van der Waals surface area contributed by atoms with Gasteiger partial charge in [-0.3, -0.25) is 9.59 Å². The number of carbonyl (C=O) groups is 2. The fraction of sp³-hybridized carbons (Fsp3) is 0.259. The molecule has 3 atom stereocenters. The molecule has 3 aromatic carbocycles. The summed E-state index contributed by atoms with van der Waals surface area (Å²) < 4.78 is 11.0. The number of hydrogen-bond acceptors (Lipinski definition) is 6. The molecule has 1 amide bonds. The number of amides is 1. The first-order valence-corrected chi connectivity index (χ1v) is 11.6. The van der Waals surface area contributed by atoms with Gasteiger partial charge in [0.25, 0.3) is 5.91 Å². The van der Waals surface area contributed by atoms with E-state index in [1.807, 2.05) is 30.3 Å². The van der Waals surface area contributed by atoms with Crippen LogP contribution < -0.4 is 9.47 Å². The van der Waals surface area contributed by atoms with E-state index in [0.717, 1.165) is 5.56 Å². The Bertz CT molecular complexity index is 1330. The van der Waals surface area contributed by atoms with Crippen molar-refractivity contribution in [2.75, 3.05) is 20.4 Å². The Hall–Kier alpha value is -4.53. The van der Waals surface area contributed by atoms with E-state index < -0.39 is 24.0 Å². The van der Waals surface area contributed by atoms with Gasteiger partial charge in [0.05, 0.1) is 25.8 Å². The van der Waals surface area contributed by atoms with Crippen LogP contribution in [-0.2, 0) is 11.2 Å². The molecule has 37 heavy (non-hydrogen) atoms. The average Bonchev–Trinajstić information content (AvgIpc) is 2.92. The first kappa shape index (κ1) is 25.6. The zero-order valence-corrected chi connectivity index (χ0v) is 20.1. The van der Waals surface area contributed by atoms with Crippen LogP contribution in [0.3, 0.4) is 0 Å². The van der Waals surface area contributed by atoms with E-state index in [2.05, 4.69) is 10.0 Å². The van der Waals surface area contributed by atoms with E-state index in [4.69, 9.17) is 15.0 Å². The number of nitrogens with zero attached hydrogens (tertiary/aromatic N) is 4. The van der Waals surface area contributed by atoms with Crippen LogP contribution in [0.4, 0.5) is 0 Å². The van der Waals surface area contributed by atoms with Crippen LogP contribution in [-0.4, -0.2) is 53.5 Å². The van der Waals surface area contributed by atoms with E-state index in [9.17, 15) is 19.8 Å². The maximum atomic E-state index is 13.9. The van der Waals surface area contributed by atoms with Gasteiger partial charge < -0.3 is 24.6 Å². The van der Waals surface area contributed by atoms with Gasteiger partial charge in [-0.2, -0.15) is 0 Å². The molecule has 1 aliphatic rings. The third-order valence-corrected chi connectivity index (χ3v) is 6.44. The van der Waals surface area contributed by atoms with Crippen LogP contribution in [0.5, 0.6) is 11.5 Å². The summed E-state index contributed by atoms with van der Waals surface area (Å²) in [4.78, 5) is 30.8. The zero-order valence-electron chi connectivity index (χ0n) is 20.1. The summed E-state index contributed by atoms with van der Waals surface area (Å²) in [5.41, 5.74) is 10.5. The number of aliphatic hydroxyl groups is 1. The number of methoxy groups -OCH3 is 1. The highest BCUT2D eigenvalue weighted by Crippen LogP contribution is 2.47. The molecule has 0 bridgehead atoms. The summed E-state index contributed by atoms with van der Waals surface area (Å²) >= 11 is 0. The summed E-state index contributed by atoms with van der Waals surface area (Å²) in [5.74, 6) is -1.97. The number of benzene rings is 3. The number of fused-ring (bicyclic) bond motifs is 1. The number of ether oxygens (including phenoxy) is 2. The fourth-order valence-electron chi connectivity index (χ4n) is 4.84. The van der Waals surface area contributed by atoms with E-state index >= 15 is 0 Å². The van der Waals surface area contributed by atoms with Crippen molar-refractivity contribution in [3.8, 4) is 11.5 Å². The van der Waals surface area contributed by atoms with Gasteiger partial charge in [-0.25, -0.2) is 0 Å². The van der Waals surface area contributed by atoms with Crippen molar-refractivity contribution in [2.24, 2.45) is 5.11 Å². The van der Waals surface area contributed by atoms with Gasteiger partial charge in [0.15, 0.2) is 6.73 Å². The number of hydrogen-bond donors (Lipinski definition) is 2. The predicted octanol–water partition coefficient (Wildman–Crippen LogP) is 4.31. The Morgan fingerprint density at radius 1 is 1.11 bits per heavy atom. The molecule has 0 fully saturated rings. The van der Waals surface area contributed by atoms with Gasteiger partial charge in [0, 0.05) is 22.1 Å². The molecular weight excluding hydrogens is 476 g/mol. The molecule has 2 N–H and O–H groups in total. The van der Waals surface area contributed by atoms with E-state index in [1.54, 1.807) is 42.5 Å². The SMILES string of the molecule is COc1cc(OCN=[N+]=[N-])ccc1[C@H]1[C@H](C(=O)O)c2ccccc2C(=O)N1[C@H](CO)Cc1ccccc1. The summed E-state index contributed by atoms with van der Waals surface area (Å²) in [6.45, 7) is -0.608. The minimum atomic E-state index is -1.12. The maximum absolute atomic E-state index is 13.9. The molecule has 1 heterocycles. The van der Waals surface area contributed by atoms with Gasteiger partial charge in [0.2, 0.25) is 0 Å². The molecule has 0 saturated carbocycles. The van der Waals surface area contributed by atoms with Gasteiger partial charge in [-0.05, 0) is 41.3 Å². The van der Waals surface area contributed by atoms with Crippen LogP contribution in [0.2, 0.25) is 0 Å². The van der Waals surface area contributed by atoms with Crippen molar-refractivity contribution in [3.05, 3.63) is 105 Å².